The van der Waals surface area contributed by atoms with Gasteiger partial charge in [0.15, 0.2) is 15.6 Å². The lowest BCUT2D eigenvalue weighted by Crippen LogP contribution is -2.36. The summed E-state index contributed by atoms with van der Waals surface area (Å²) in [5, 5.41) is 0. The number of rotatable bonds is 4. The molecule has 1 aliphatic rings. The van der Waals surface area contributed by atoms with Crippen molar-refractivity contribution < 1.29 is 13.2 Å². The number of piperidine rings is 1. The van der Waals surface area contributed by atoms with Crippen LogP contribution in [0.2, 0.25) is 0 Å². The maximum absolute atomic E-state index is 12.0. The van der Waals surface area contributed by atoms with Crippen LogP contribution in [0.5, 0.6) is 0 Å². The third-order valence-corrected chi connectivity index (χ3v) is 5.35. The number of benzene rings is 1. The summed E-state index contributed by atoms with van der Waals surface area (Å²) < 4.78 is 24.0. The van der Waals surface area contributed by atoms with E-state index >= 15 is 0 Å². The van der Waals surface area contributed by atoms with Crippen molar-refractivity contribution in [2.45, 2.75) is 38.0 Å². The number of ketones is 1. The predicted molar refractivity (Wildman–Crippen MR) is 84.8 cm³/mol. The molecule has 0 radical (unpaired) electrons. The van der Waals surface area contributed by atoms with Crippen molar-refractivity contribution in [3.05, 3.63) is 23.8 Å². The van der Waals surface area contributed by atoms with Gasteiger partial charge in [-0.25, -0.2) is 8.42 Å². The van der Waals surface area contributed by atoms with E-state index in [4.69, 9.17) is 0 Å². The monoisotopic (exact) mass is 309 g/mol. The molecular formula is C16H23NO3S. The molecule has 0 aromatic heterocycles. The maximum atomic E-state index is 12.0. The molecule has 1 aromatic rings. The van der Waals surface area contributed by atoms with Crippen LogP contribution in [0, 0.1) is 5.92 Å². The lowest BCUT2D eigenvalue weighted by molar-refractivity contribution is 0.101. The first-order chi connectivity index (χ1) is 9.82. The Morgan fingerprint density at radius 2 is 2.10 bits per heavy atom. The van der Waals surface area contributed by atoms with Crippen LogP contribution in [0.1, 0.15) is 43.5 Å². The van der Waals surface area contributed by atoms with E-state index in [1.54, 1.807) is 18.2 Å². The molecule has 1 saturated heterocycles. The second kappa shape index (κ2) is 6.18. The molecule has 0 bridgehead atoms. The first-order valence-corrected chi connectivity index (χ1v) is 9.32. The minimum Gasteiger partial charge on any atom is -0.370 e. The van der Waals surface area contributed by atoms with E-state index in [9.17, 15) is 13.2 Å². The standard InChI is InChI=1S/C16H23NO3S/c1-4-13-6-5-9-17(11-13)15-10-14(12(2)18)7-8-16(15)21(3,19)20/h7-8,10,13H,4-6,9,11H2,1-3H3/t13-/m0/s1. The van der Waals surface area contributed by atoms with Gasteiger partial charge in [0.2, 0.25) is 0 Å². The van der Waals surface area contributed by atoms with Gasteiger partial charge in [-0.3, -0.25) is 4.79 Å². The maximum Gasteiger partial charge on any atom is 0.177 e. The fraction of sp³-hybridized carbons (Fsp3) is 0.562. The summed E-state index contributed by atoms with van der Waals surface area (Å²) in [6.45, 7) is 5.38. The van der Waals surface area contributed by atoms with E-state index in [2.05, 4.69) is 11.8 Å². The zero-order valence-electron chi connectivity index (χ0n) is 12.9. The molecule has 1 fully saturated rings. The van der Waals surface area contributed by atoms with E-state index in [1.807, 2.05) is 0 Å². The number of Topliss-reactive ketones (excluding diaryl/α,β-unsaturated/α-hetero) is 1. The molecule has 1 atom stereocenters. The molecule has 1 aliphatic heterocycles. The molecule has 4 nitrogen and oxygen atoms in total. The van der Waals surface area contributed by atoms with Gasteiger partial charge in [-0.05, 0) is 43.9 Å². The van der Waals surface area contributed by atoms with Crippen LogP contribution in [0.15, 0.2) is 23.1 Å². The van der Waals surface area contributed by atoms with E-state index in [0.29, 0.717) is 22.1 Å². The zero-order chi connectivity index (χ0) is 15.6. The summed E-state index contributed by atoms with van der Waals surface area (Å²) in [6, 6.07) is 4.90. The highest BCUT2D eigenvalue weighted by atomic mass is 32.2. The molecule has 0 N–H and O–H groups in total. The summed E-state index contributed by atoms with van der Waals surface area (Å²) in [5.41, 5.74) is 1.25. The first kappa shape index (κ1) is 16.0. The number of carbonyl (C=O) groups excluding carboxylic acids is 1. The SMILES string of the molecule is CC[C@H]1CCCN(c2cc(C(C)=O)ccc2S(C)(=O)=O)C1. The molecule has 2 rings (SSSR count). The largest absolute Gasteiger partial charge is 0.370 e. The van der Waals surface area contributed by atoms with Crippen LogP contribution in [-0.4, -0.2) is 33.5 Å². The predicted octanol–water partition coefficient (Wildman–Crippen LogP) is 2.92. The quantitative estimate of drug-likeness (QED) is 0.803. The Kier molecular flexibility index (Phi) is 4.71. The molecule has 0 spiro atoms. The van der Waals surface area contributed by atoms with Crippen LogP contribution < -0.4 is 4.90 Å². The van der Waals surface area contributed by atoms with Crippen molar-refractivity contribution >= 4 is 21.3 Å². The molecule has 5 heteroatoms. The van der Waals surface area contributed by atoms with Gasteiger partial charge in [0.25, 0.3) is 0 Å². The molecule has 1 aromatic carbocycles. The van der Waals surface area contributed by atoms with Crippen LogP contribution in [-0.2, 0) is 9.84 Å². The fourth-order valence-electron chi connectivity index (χ4n) is 2.91. The Hall–Kier alpha value is -1.36. The normalized spacial score (nSPS) is 19.6. The number of carbonyl (C=O) groups is 1. The summed E-state index contributed by atoms with van der Waals surface area (Å²) in [6.07, 6.45) is 4.57. The molecule has 0 aliphatic carbocycles. The van der Waals surface area contributed by atoms with Crippen LogP contribution >= 0.6 is 0 Å². The van der Waals surface area contributed by atoms with Crippen molar-refractivity contribution in [1.82, 2.24) is 0 Å². The lowest BCUT2D eigenvalue weighted by Gasteiger charge is -2.35. The van der Waals surface area contributed by atoms with Crippen LogP contribution in [0.3, 0.4) is 0 Å². The smallest absolute Gasteiger partial charge is 0.177 e. The highest BCUT2D eigenvalue weighted by molar-refractivity contribution is 7.90. The Morgan fingerprint density at radius 3 is 2.67 bits per heavy atom. The van der Waals surface area contributed by atoms with Crippen molar-refractivity contribution in [3.63, 3.8) is 0 Å². The van der Waals surface area contributed by atoms with Crippen molar-refractivity contribution in [2.75, 3.05) is 24.2 Å². The third kappa shape index (κ3) is 3.64. The van der Waals surface area contributed by atoms with Crippen LogP contribution in [0.4, 0.5) is 5.69 Å². The van der Waals surface area contributed by atoms with Gasteiger partial charge < -0.3 is 4.90 Å². The number of sulfone groups is 1. The average Bonchev–Trinajstić information content (AvgIpc) is 2.45. The first-order valence-electron chi connectivity index (χ1n) is 7.43. The molecule has 116 valence electrons. The third-order valence-electron chi connectivity index (χ3n) is 4.20. The highest BCUT2D eigenvalue weighted by Crippen LogP contribution is 2.31. The van der Waals surface area contributed by atoms with Gasteiger partial charge in [-0.15, -0.1) is 0 Å². The zero-order valence-corrected chi connectivity index (χ0v) is 13.7. The molecule has 21 heavy (non-hydrogen) atoms. The van der Waals surface area contributed by atoms with Gasteiger partial charge >= 0.3 is 0 Å². The molecule has 0 unspecified atom stereocenters. The van der Waals surface area contributed by atoms with Gasteiger partial charge in [0, 0.05) is 24.9 Å². The second-order valence-corrected chi connectivity index (χ2v) is 7.86. The number of hydrogen-bond donors (Lipinski definition) is 0. The Bertz CT molecular complexity index is 637. The van der Waals surface area contributed by atoms with Gasteiger partial charge in [0.05, 0.1) is 10.6 Å². The summed E-state index contributed by atoms with van der Waals surface area (Å²) >= 11 is 0. The second-order valence-electron chi connectivity index (χ2n) is 5.87. The summed E-state index contributed by atoms with van der Waals surface area (Å²) in [4.78, 5) is 14.0. The minimum absolute atomic E-state index is 0.0413. The van der Waals surface area contributed by atoms with Gasteiger partial charge in [0.1, 0.15) is 0 Å². The number of nitrogens with zero attached hydrogens (tertiary/aromatic N) is 1. The molecule has 0 saturated carbocycles. The highest BCUT2D eigenvalue weighted by Gasteiger charge is 2.24. The van der Waals surface area contributed by atoms with E-state index in [-0.39, 0.29) is 5.78 Å². The number of anilines is 1. The number of hydrogen-bond acceptors (Lipinski definition) is 4. The van der Waals surface area contributed by atoms with Crippen LogP contribution in [0.25, 0.3) is 0 Å². The van der Waals surface area contributed by atoms with Gasteiger partial charge in [-0.2, -0.15) is 0 Å². The minimum atomic E-state index is -3.30. The topological polar surface area (TPSA) is 54.5 Å². The van der Waals surface area contributed by atoms with E-state index in [0.717, 1.165) is 25.9 Å². The summed E-state index contributed by atoms with van der Waals surface area (Å²) in [7, 11) is -3.30. The Balaban J connectivity index is 2.48. The van der Waals surface area contributed by atoms with E-state index < -0.39 is 9.84 Å². The van der Waals surface area contributed by atoms with Gasteiger partial charge in [-0.1, -0.05) is 13.3 Å². The lowest BCUT2D eigenvalue weighted by atomic mass is 9.95. The Labute approximate surface area is 127 Å². The van der Waals surface area contributed by atoms with E-state index in [1.165, 1.54) is 19.6 Å². The van der Waals surface area contributed by atoms with Crippen molar-refractivity contribution in [1.29, 1.82) is 0 Å². The Morgan fingerprint density at radius 1 is 1.38 bits per heavy atom. The molecule has 0 amide bonds. The summed E-state index contributed by atoms with van der Waals surface area (Å²) in [5.74, 6) is 0.549. The molecule has 1 heterocycles. The van der Waals surface area contributed by atoms with Crippen molar-refractivity contribution in [3.8, 4) is 0 Å². The molecular weight excluding hydrogens is 286 g/mol. The fourth-order valence-corrected chi connectivity index (χ4v) is 3.80. The average molecular weight is 309 g/mol. The van der Waals surface area contributed by atoms with Crippen molar-refractivity contribution in [2.24, 2.45) is 5.92 Å².